The summed E-state index contributed by atoms with van der Waals surface area (Å²) in [6, 6.07) is 7.13. The van der Waals surface area contributed by atoms with Gasteiger partial charge in [0.1, 0.15) is 5.76 Å². The number of aromatic nitrogens is 1. The lowest BCUT2D eigenvalue weighted by Gasteiger charge is -2.38. The highest BCUT2D eigenvalue weighted by atomic mass is 32.1. The first-order valence-electron chi connectivity index (χ1n) is 9.45. The first-order valence-corrected chi connectivity index (χ1v) is 9.86. The van der Waals surface area contributed by atoms with Gasteiger partial charge in [-0.2, -0.15) is 0 Å². The van der Waals surface area contributed by atoms with Gasteiger partial charge < -0.3 is 20.1 Å². The van der Waals surface area contributed by atoms with Gasteiger partial charge in [-0.25, -0.2) is 0 Å². The van der Waals surface area contributed by atoms with Crippen molar-refractivity contribution >= 4 is 34.7 Å². The summed E-state index contributed by atoms with van der Waals surface area (Å²) < 4.78 is 5.03. The number of amides is 1. The molecule has 10 heteroatoms. The minimum atomic E-state index is -0.560. The molecule has 2 aromatic rings. The maximum absolute atomic E-state index is 13.2. The van der Waals surface area contributed by atoms with Gasteiger partial charge in [-0.1, -0.05) is 19.0 Å². The quantitative estimate of drug-likeness (QED) is 0.406. The summed E-state index contributed by atoms with van der Waals surface area (Å²) in [5, 5.41) is 21.3. The second kappa shape index (κ2) is 8.62. The summed E-state index contributed by atoms with van der Waals surface area (Å²) >= 11 is 5.55. The monoisotopic (exact) mass is 429 g/mol. The molecule has 1 aromatic carbocycles. The van der Waals surface area contributed by atoms with Crippen LogP contribution in [0.5, 0.6) is 0 Å². The normalized spacial score (nSPS) is 16.6. The van der Waals surface area contributed by atoms with Crippen molar-refractivity contribution in [3.63, 3.8) is 0 Å². The van der Waals surface area contributed by atoms with E-state index in [4.69, 9.17) is 16.7 Å². The highest BCUT2D eigenvalue weighted by Gasteiger charge is 2.34. The largest absolute Gasteiger partial charge is 0.360 e. The lowest BCUT2D eigenvalue weighted by atomic mass is 9.93. The fourth-order valence-corrected chi connectivity index (χ4v) is 3.64. The third-order valence-corrected chi connectivity index (χ3v) is 5.03. The van der Waals surface area contributed by atoms with Crippen molar-refractivity contribution in [1.29, 1.82) is 0 Å². The number of hydrogen-bond acceptors (Lipinski definition) is 6. The first kappa shape index (κ1) is 21.4. The number of anilines is 1. The zero-order chi connectivity index (χ0) is 22.0. The zero-order valence-corrected chi connectivity index (χ0v) is 17.9. The standard InChI is InChI=1S/C20H23N5O4S/c1-11(2)10-24-13(4)17(19(26)21-16-9-12(3)29-23-16)18(22-20(24)30)14-5-7-15(8-6-14)25(27)28/h5-9,11,18H,10H2,1-4H3,(H,22,30)(H,21,23,26)/t18-/m1/s1. The molecule has 0 saturated carbocycles. The van der Waals surface area contributed by atoms with Gasteiger partial charge in [0.2, 0.25) is 0 Å². The average Bonchev–Trinajstić information content (AvgIpc) is 3.09. The number of rotatable bonds is 6. The van der Waals surface area contributed by atoms with E-state index in [2.05, 4.69) is 29.6 Å². The van der Waals surface area contributed by atoms with Crippen molar-refractivity contribution in [1.82, 2.24) is 15.4 Å². The number of non-ortho nitro benzene ring substituents is 1. The number of benzene rings is 1. The number of carbonyl (C=O) groups is 1. The molecule has 1 amide bonds. The molecule has 1 aromatic heterocycles. The van der Waals surface area contributed by atoms with Crippen LogP contribution >= 0.6 is 12.2 Å². The van der Waals surface area contributed by atoms with E-state index in [-0.39, 0.29) is 11.6 Å². The van der Waals surface area contributed by atoms with Gasteiger partial charge >= 0.3 is 0 Å². The number of hydrogen-bond donors (Lipinski definition) is 2. The topological polar surface area (TPSA) is 114 Å². The highest BCUT2D eigenvalue weighted by Crippen LogP contribution is 2.32. The molecule has 0 bridgehead atoms. The highest BCUT2D eigenvalue weighted by molar-refractivity contribution is 7.80. The Morgan fingerprint density at radius 2 is 2.03 bits per heavy atom. The summed E-state index contributed by atoms with van der Waals surface area (Å²) in [5.41, 5.74) is 1.84. The molecular weight excluding hydrogens is 406 g/mol. The number of nitrogens with one attached hydrogen (secondary N) is 2. The number of nitro benzene ring substituents is 1. The van der Waals surface area contributed by atoms with E-state index < -0.39 is 11.0 Å². The van der Waals surface area contributed by atoms with Crippen LogP contribution in [0, 0.1) is 23.0 Å². The second-order valence-corrected chi connectivity index (χ2v) is 7.90. The molecule has 0 aliphatic carbocycles. The van der Waals surface area contributed by atoms with E-state index in [1.165, 1.54) is 12.1 Å². The van der Waals surface area contributed by atoms with E-state index in [1.807, 2.05) is 11.8 Å². The molecule has 30 heavy (non-hydrogen) atoms. The van der Waals surface area contributed by atoms with Gasteiger partial charge in [0.05, 0.1) is 16.5 Å². The molecule has 158 valence electrons. The van der Waals surface area contributed by atoms with Crippen LogP contribution in [-0.4, -0.2) is 32.5 Å². The van der Waals surface area contributed by atoms with Crippen molar-refractivity contribution < 1.29 is 14.2 Å². The molecule has 0 unspecified atom stereocenters. The molecule has 1 atom stereocenters. The Kier molecular flexibility index (Phi) is 6.16. The summed E-state index contributed by atoms with van der Waals surface area (Å²) in [5.74, 6) is 0.849. The van der Waals surface area contributed by atoms with E-state index in [0.717, 1.165) is 0 Å². The Morgan fingerprint density at radius 1 is 1.37 bits per heavy atom. The van der Waals surface area contributed by atoms with Crippen molar-refractivity contribution in [3.05, 3.63) is 63.0 Å². The van der Waals surface area contributed by atoms with Crippen LogP contribution in [-0.2, 0) is 4.79 Å². The maximum Gasteiger partial charge on any atom is 0.269 e. The molecule has 1 aliphatic heterocycles. The first-order chi connectivity index (χ1) is 14.2. The molecule has 9 nitrogen and oxygen atoms in total. The Bertz CT molecular complexity index is 1010. The number of nitrogens with zero attached hydrogens (tertiary/aromatic N) is 3. The number of allylic oxidation sites excluding steroid dienone is 1. The maximum atomic E-state index is 13.2. The average molecular weight is 430 g/mol. The van der Waals surface area contributed by atoms with Gasteiger partial charge in [-0.3, -0.25) is 14.9 Å². The SMILES string of the molecule is CC1=C(C(=O)Nc2cc(C)on2)[C@@H](c2ccc([N+](=O)[O-])cc2)NC(=S)N1CC(C)C. The number of carbonyl (C=O) groups excluding carboxylic acids is 1. The minimum absolute atomic E-state index is 0.0247. The molecule has 1 aliphatic rings. The van der Waals surface area contributed by atoms with Crippen molar-refractivity contribution in [3.8, 4) is 0 Å². The van der Waals surface area contributed by atoms with Crippen molar-refractivity contribution in [2.24, 2.45) is 5.92 Å². The Balaban J connectivity index is 2.02. The van der Waals surface area contributed by atoms with Crippen LogP contribution in [0.15, 0.2) is 46.1 Å². The van der Waals surface area contributed by atoms with E-state index >= 15 is 0 Å². The number of aryl methyl sites for hydroxylation is 1. The lowest BCUT2D eigenvalue weighted by molar-refractivity contribution is -0.384. The molecule has 3 rings (SSSR count). The minimum Gasteiger partial charge on any atom is -0.360 e. The molecule has 2 N–H and O–H groups in total. The molecule has 0 saturated heterocycles. The third-order valence-electron chi connectivity index (χ3n) is 4.70. The number of thiocarbonyl (C=S) groups is 1. The van der Waals surface area contributed by atoms with Gasteiger partial charge in [-0.15, -0.1) is 0 Å². The fraction of sp³-hybridized carbons (Fsp3) is 0.350. The van der Waals surface area contributed by atoms with Crippen LogP contribution in [0.3, 0.4) is 0 Å². The number of nitro groups is 1. The second-order valence-electron chi connectivity index (χ2n) is 7.51. The van der Waals surface area contributed by atoms with Gasteiger partial charge in [0.25, 0.3) is 11.6 Å². The fourth-order valence-electron chi connectivity index (χ4n) is 3.31. The van der Waals surface area contributed by atoms with E-state index in [1.54, 1.807) is 25.1 Å². The van der Waals surface area contributed by atoms with Gasteiger partial charge in [0.15, 0.2) is 10.9 Å². The van der Waals surface area contributed by atoms with Crippen LogP contribution in [0.2, 0.25) is 0 Å². The van der Waals surface area contributed by atoms with Crippen LogP contribution in [0.25, 0.3) is 0 Å². The zero-order valence-electron chi connectivity index (χ0n) is 17.1. The summed E-state index contributed by atoms with van der Waals surface area (Å²) in [6.07, 6.45) is 0. The lowest BCUT2D eigenvalue weighted by Crippen LogP contribution is -2.49. The molecule has 0 radical (unpaired) electrons. The van der Waals surface area contributed by atoms with E-state index in [9.17, 15) is 14.9 Å². The molecular formula is C20H23N5O4S. The van der Waals surface area contributed by atoms with Crippen molar-refractivity contribution in [2.45, 2.75) is 33.7 Å². The molecule has 2 heterocycles. The van der Waals surface area contributed by atoms with Crippen molar-refractivity contribution in [2.75, 3.05) is 11.9 Å². The molecule has 0 spiro atoms. The van der Waals surface area contributed by atoms with Crippen LogP contribution in [0.4, 0.5) is 11.5 Å². The Hall–Kier alpha value is -3.27. The van der Waals surface area contributed by atoms with Crippen LogP contribution in [0.1, 0.15) is 38.1 Å². The van der Waals surface area contributed by atoms with E-state index in [0.29, 0.717) is 46.0 Å². The molecule has 0 fully saturated rings. The summed E-state index contributed by atoms with van der Waals surface area (Å²) in [7, 11) is 0. The Morgan fingerprint density at radius 3 is 2.57 bits per heavy atom. The predicted molar refractivity (Wildman–Crippen MR) is 116 cm³/mol. The van der Waals surface area contributed by atoms with Gasteiger partial charge in [-0.05, 0) is 49.7 Å². The third kappa shape index (κ3) is 4.48. The van der Waals surface area contributed by atoms with Gasteiger partial charge in [0, 0.05) is 30.4 Å². The Labute approximate surface area is 179 Å². The summed E-state index contributed by atoms with van der Waals surface area (Å²) in [6.45, 7) is 8.35. The van der Waals surface area contributed by atoms with Crippen LogP contribution < -0.4 is 10.6 Å². The predicted octanol–water partition coefficient (Wildman–Crippen LogP) is 3.69. The smallest absolute Gasteiger partial charge is 0.269 e. The summed E-state index contributed by atoms with van der Waals surface area (Å²) in [4.78, 5) is 25.6.